The predicted octanol–water partition coefficient (Wildman–Crippen LogP) is 1.78. The van der Waals surface area contributed by atoms with E-state index in [4.69, 9.17) is 5.11 Å². The molecule has 0 amide bonds. The fourth-order valence-corrected chi connectivity index (χ4v) is 1.63. The lowest BCUT2D eigenvalue weighted by atomic mass is 9.87. The molecule has 0 spiro atoms. The zero-order chi connectivity index (χ0) is 9.40. The molecule has 0 radical (unpaired) electrons. The van der Waals surface area contributed by atoms with Gasteiger partial charge in [-0.15, -0.1) is 0 Å². The third-order valence-corrected chi connectivity index (χ3v) is 2.51. The average Bonchev–Trinajstić information content (AvgIpc) is 2.21. The lowest BCUT2D eigenvalue weighted by Gasteiger charge is -2.26. The first-order chi connectivity index (χ1) is 5.86. The molecule has 2 nitrogen and oxygen atoms in total. The van der Waals surface area contributed by atoms with Crippen molar-refractivity contribution >= 4 is 0 Å². The molecule has 0 bridgehead atoms. The van der Waals surface area contributed by atoms with Crippen molar-refractivity contribution in [3.8, 4) is 0 Å². The summed E-state index contributed by atoms with van der Waals surface area (Å²) >= 11 is 0. The van der Waals surface area contributed by atoms with E-state index in [0.717, 1.165) is 0 Å². The van der Waals surface area contributed by atoms with Gasteiger partial charge in [0.2, 0.25) is 0 Å². The Kier molecular flexibility index (Phi) is 7.51. The standard InChI is InChI=1S/C8H17NO.C2H6/c1-9-8-4-2-7(6-10)3-5-8;1-2/h7-10H,2-6H2,1H3;1-2H3. The molecule has 0 aromatic rings. The molecule has 1 aliphatic rings. The van der Waals surface area contributed by atoms with Gasteiger partial charge in [0.15, 0.2) is 0 Å². The first kappa shape index (κ1) is 11.9. The molecule has 0 heterocycles. The van der Waals surface area contributed by atoms with E-state index in [1.807, 2.05) is 20.9 Å². The summed E-state index contributed by atoms with van der Waals surface area (Å²) < 4.78 is 0. The lowest BCUT2D eigenvalue weighted by Crippen LogP contribution is -2.30. The SMILES string of the molecule is CC.CNC1CCC(CO)CC1. The molecule has 0 saturated heterocycles. The van der Waals surface area contributed by atoms with E-state index < -0.39 is 0 Å². The molecule has 2 N–H and O–H groups in total. The van der Waals surface area contributed by atoms with Crippen LogP contribution in [-0.2, 0) is 0 Å². The van der Waals surface area contributed by atoms with E-state index in [1.165, 1.54) is 25.7 Å². The highest BCUT2D eigenvalue weighted by Gasteiger charge is 2.18. The summed E-state index contributed by atoms with van der Waals surface area (Å²) in [5, 5.41) is 12.1. The Hall–Kier alpha value is -0.0800. The predicted molar refractivity (Wildman–Crippen MR) is 53.2 cm³/mol. The molecular formula is C10H23NO. The van der Waals surface area contributed by atoms with E-state index in [2.05, 4.69) is 5.32 Å². The first-order valence-electron chi connectivity index (χ1n) is 5.15. The molecule has 0 atom stereocenters. The molecule has 0 aromatic heterocycles. The van der Waals surface area contributed by atoms with Crippen LogP contribution in [0.1, 0.15) is 39.5 Å². The average molecular weight is 173 g/mol. The van der Waals surface area contributed by atoms with Crippen molar-refractivity contribution in [2.75, 3.05) is 13.7 Å². The minimum Gasteiger partial charge on any atom is -0.396 e. The smallest absolute Gasteiger partial charge is 0.0459 e. The fourth-order valence-electron chi connectivity index (χ4n) is 1.63. The molecule has 2 heteroatoms. The third kappa shape index (κ3) is 4.07. The van der Waals surface area contributed by atoms with Crippen molar-refractivity contribution in [1.29, 1.82) is 0 Å². The fraction of sp³-hybridized carbons (Fsp3) is 1.00. The van der Waals surface area contributed by atoms with Gasteiger partial charge in [-0.2, -0.15) is 0 Å². The maximum absolute atomic E-state index is 8.83. The van der Waals surface area contributed by atoms with Gasteiger partial charge in [0.05, 0.1) is 0 Å². The maximum atomic E-state index is 8.83. The number of rotatable bonds is 2. The molecule has 0 aliphatic heterocycles. The van der Waals surface area contributed by atoms with Gasteiger partial charge in [-0.25, -0.2) is 0 Å². The molecule has 1 fully saturated rings. The van der Waals surface area contributed by atoms with E-state index >= 15 is 0 Å². The molecule has 0 aromatic carbocycles. The van der Waals surface area contributed by atoms with Gasteiger partial charge < -0.3 is 10.4 Å². The van der Waals surface area contributed by atoms with E-state index in [9.17, 15) is 0 Å². The van der Waals surface area contributed by atoms with Crippen molar-refractivity contribution in [2.24, 2.45) is 5.92 Å². The van der Waals surface area contributed by atoms with Crippen LogP contribution in [0, 0.1) is 5.92 Å². The van der Waals surface area contributed by atoms with E-state index in [-0.39, 0.29) is 0 Å². The van der Waals surface area contributed by atoms with Crippen LogP contribution >= 0.6 is 0 Å². The molecule has 12 heavy (non-hydrogen) atoms. The topological polar surface area (TPSA) is 32.3 Å². The van der Waals surface area contributed by atoms with Gasteiger partial charge in [-0.1, -0.05) is 13.8 Å². The Labute approximate surface area is 76.4 Å². The van der Waals surface area contributed by atoms with Crippen molar-refractivity contribution < 1.29 is 5.11 Å². The monoisotopic (exact) mass is 173 g/mol. The zero-order valence-corrected chi connectivity index (χ0v) is 8.64. The summed E-state index contributed by atoms with van der Waals surface area (Å²) in [7, 11) is 2.02. The van der Waals surface area contributed by atoms with Crippen LogP contribution < -0.4 is 5.32 Å². The normalized spacial score (nSPS) is 29.0. The number of hydrogen-bond donors (Lipinski definition) is 2. The quantitative estimate of drug-likeness (QED) is 0.667. The number of aliphatic hydroxyl groups excluding tert-OH is 1. The Morgan fingerprint density at radius 2 is 1.67 bits per heavy atom. The molecule has 1 aliphatic carbocycles. The van der Waals surface area contributed by atoms with Crippen molar-refractivity contribution in [3.63, 3.8) is 0 Å². The van der Waals surface area contributed by atoms with Gasteiger partial charge in [0.25, 0.3) is 0 Å². The van der Waals surface area contributed by atoms with Crippen LogP contribution in [0.15, 0.2) is 0 Å². The van der Waals surface area contributed by atoms with Gasteiger partial charge in [-0.05, 0) is 38.6 Å². The van der Waals surface area contributed by atoms with Crippen molar-refractivity contribution in [3.05, 3.63) is 0 Å². The van der Waals surface area contributed by atoms with Crippen LogP contribution in [0.2, 0.25) is 0 Å². The molecule has 1 rings (SSSR count). The number of nitrogens with one attached hydrogen (secondary N) is 1. The summed E-state index contributed by atoms with van der Waals surface area (Å²) in [6.45, 7) is 4.39. The molecular weight excluding hydrogens is 150 g/mol. The van der Waals surface area contributed by atoms with Gasteiger partial charge >= 0.3 is 0 Å². The highest BCUT2D eigenvalue weighted by Crippen LogP contribution is 2.23. The second-order valence-electron chi connectivity index (χ2n) is 3.19. The summed E-state index contributed by atoms with van der Waals surface area (Å²) in [4.78, 5) is 0. The summed E-state index contributed by atoms with van der Waals surface area (Å²) in [5.74, 6) is 0.588. The molecule has 1 saturated carbocycles. The minimum atomic E-state index is 0.385. The zero-order valence-electron chi connectivity index (χ0n) is 8.64. The summed E-state index contributed by atoms with van der Waals surface area (Å²) in [6.07, 6.45) is 4.87. The summed E-state index contributed by atoms with van der Waals surface area (Å²) in [5.41, 5.74) is 0. The number of aliphatic hydroxyl groups is 1. The Bertz CT molecular complexity index is 75.8. The van der Waals surface area contributed by atoms with Crippen LogP contribution in [0.4, 0.5) is 0 Å². The maximum Gasteiger partial charge on any atom is 0.0459 e. The van der Waals surface area contributed by atoms with Crippen LogP contribution in [-0.4, -0.2) is 24.8 Å². The van der Waals surface area contributed by atoms with Gasteiger partial charge in [-0.3, -0.25) is 0 Å². The molecule has 0 unspecified atom stereocenters. The van der Waals surface area contributed by atoms with Crippen LogP contribution in [0.3, 0.4) is 0 Å². The minimum absolute atomic E-state index is 0.385. The lowest BCUT2D eigenvalue weighted by molar-refractivity contribution is 0.177. The van der Waals surface area contributed by atoms with Gasteiger partial charge in [0, 0.05) is 12.6 Å². The Morgan fingerprint density at radius 1 is 1.17 bits per heavy atom. The van der Waals surface area contributed by atoms with E-state index in [0.29, 0.717) is 18.6 Å². The van der Waals surface area contributed by atoms with Crippen molar-refractivity contribution in [1.82, 2.24) is 5.32 Å². The van der Waals surface area contributed by atoms with E-state index in [1.54, 1.807) is 0 Å². The summed E-state index contributed by atoms with van der Waals surface area (Å²) in [6, 6.07) is 0.711. The molecule has 74 valence electrons. The van der Waals surface area contributed by atoms with Crippen LogP contribution in [0.5, 0.6) is 0 Å². The second kappa shape index (κ2) is 7.56. The highest BCUT2D eigenvalue weighted by molar-refractivity contribution is 4.75. The number of hydrogen-bond acceptors (Lipinski definition) is 2. The highest BCUT2D eigenvalue weighted by atomic mass is 16.3. The van der Waals surface area contributed by atoms with Gasteiger partial charge in [0.1, 0.15) is 0 Å². The van der Waals surface area contributed by atoms with Crippen LogP contribution in [0.25, 0.3) is 0 Å². The third-order valence-electron chi connectivity index (χ3n) is 2.51. The Balaban J connectivity index is 0.000000561. The first-order valence-corrected chi connectivity index (χ1v) is 5.15. The van der Waals surface area contributed by atoms with Crippen molar-refractivity contribution in [2.45, 2.75) is 45.6 Å². The second-order valence-corrected chi connectivity index (χ2v) is 3.19. The Morgan fingerprint density at radius 3 is 2.00 bits per heavy atom. The largest absolute Gasteiger partial charge is 0.396 e.